The molecular weight excluding hydrogens is 519 g/mol. The largest absolute Gasteiger partial charge is 0.378 e. The van der Waals surface area contributed by atoms with E-state index in [1.54, 1.807) is 0 Å². The molecule has 1 aromatic heterocycles. The van der Waals surface area contributed by atoms with E-state index >= 15 is 0 Å². The summed E-state index contributed by atoms with van der Waals surface area (Å²) in [6.45, 7) is 0. The summed E-state index contributed by atoms with van der Waals surface area (Å²) in [5, 5.41) is 0. The Hall–Kier alpha value is -2.72. The van der Waals surface area contributed by atoms with E-state index in [1.807, 2.05) is 18.5 Å². The summed E-state index contributed by atoms with van der Waals surface area (Å²) in [7, 11) is -1.66. The fraction of sp³-hybridized carbons (Fsp3) is 0.182. The fourth-order valence-corrected chi connectivity index (χ4v) is 2.86. The van der Waals surface area contributed by atoms with Crippen molar-refractivity contribution in [2.75, 3.05) is 33.1 Å². The van der Waals surface area contributed by atoms with E-state index < -0.39 is 20.5 Å². The lowest BCUT2D eigenvalue weighted by molar-refractivity contribution is -2.00. The molecule has 0 spiro atoms. The van der Waals surface area contributed by atoms with Crippen LogP contribution < -0.4 is 48.3 Å². The summed E-state index contributed by atoms with van der Waals surface area (Å²) >= 11 is 0. The van der Waals surface area contributed by atoms with Crippen molar-refractivity contribution in [3.8, 4) is 0 Å². The Morgan fingerprint density at radius 2 is 1.22 bits per heavy atom. The number of rotatable bonds is 3. The van der Waals surface area contributed by atoms with E-state index in [0.717, 1.165) is 5.56 Å². The highest BCUT2D eigenvalue weighted by Gasteiger charge is 2.13. The Labute approximate surface area is 213 Å². The molecule has 14 heteroatoms. The minimum atomic E-state index is -4.94. The number of halogens is 2. The number of quaternary nitrogens is 1. The molecule has 12 nitrogen and oxygen atoms in total. The first kappa shape index (κ1) is 33.3. The Balaban J connectivity index is 0.000000949. The van der Waals surface area contributed by atoms with Gasteiger partial charge in [-0.3, -0.25) is 4.98 Å². The Morgan fingerprint density at radius 1 is 0.750 bits per heavy atom. The zero-order valence-electron chi connectivity index (χ0n) is 20.3. The standard InChI is InChI=1S/C22H24N3.2ClHO4.H3N/c1-24(2)20-11-7-17(8-12-20)22(19-6-5-15-23-16-19)18-9-13-21(14-10-18)25(3)4;2*2-1(3,4)5;/h5-16H,1-4H3;2*(H,2,3,4,5);1H3/q+1;;;/p-1. The van der Waals surface area contributed by atoms with E-state index in [1.165, 1.54) is 28.1 Å². The second kappa shape index (κ2) is 14.7. The molecule has 0 saturated carbocycles. The second-order valence-electron chi connectivity index (χ2n) is 7.26. The van der Waals surface area contributed by atoms with Gasteiger partial charge in [0.05, 0.1) is 0 Å². The number of hydrogen-bond donors (Lipinski definition) is 1. The van der Waals surface area contributed by atoms with Crippen molar-refractivity contribution in [1.82, 2.24) is 11.1 Å². The van der Waals surface area contributed by atoms with Crippen LogP contribution in [0, 0.1) is 20.5 Å². The van der Waals surface area contributed by atoms with Crippen LogP contribution in [-0.2, 0) is 0 Å². The number of nitrogens with zero attached hydrogens (tertiary/aromatic N) is 3. The van der Waals surface area contributed by atoms with Gasteiger partial charge in [0.25, 0.3) is 0 Å². The first-order chi connectivity index (χ1) is 16.1. The van der Waals surface area contributed by atoms with E-state index in [2.05, 4.69) is 97.3 Å². The molecule has 3 rings (SSSR count). The van der Waals surface area contributed by atoms with Crippen molar-refractivity contribution in [1.29, 1.82) is 0 Å². The highest BCUT2D eigenvalue weighted by atomic mass is 35.7. The number of pyridine rings is 1. The molecule has 1 aliphatic carbocycles. The lowest BCUT2D eigenvalue weighted by Crippen LogP contribution is -2.68. The molecule has 0 aliphatic heterocycles. The summed E-state index contributed by atoms with van der Waals surface area (Å²) in [6, 6.07) is 12.8. The van der Waals surface area contributed by atoms with Crippen molar-refractivity contribution in [2.45, 2.75) is 0 Å². The first-order valence-electron chi connectivity index (χ1n) is 9.62. The van der Waals surface area contributed by atoms with Crippen molar-refractivity contribution in [3.05, 3.63) is 89.8 Å². The summed E-state index contributed by atoms with van der Waals surface area (Å²) in [5.74, 6) is 0. The molecule has 2 aromatic rings. The van der Waals surface area contributed by atoms with Crippen LogP contribution >= 0.6 is 0 Å². The molecule has 198 valence electrons. The highest BCUT2D eigenvalue weighted by Crippen LogP contribution is 2.30. The van der Waals surface area contributed by atoms with Gasteiger partial charge >= 0.3 is 0 Å². The van der Waals surface area contributed by atoms with E-state index in [0.29, 0.717) is 0 Å². The van der Waals surface area contributed by atoms with Gasteiger partial charge in [-0.1, -0.05) is 18.2 Å². The van der Waals surface area contributed by atoms with Gasteiger partial charge in [0, 0.05) is 49.9 Å². The van der Waals surface area contributed by atoms with Crippen LogP contribution in [-0.4, -0.2) is 43.5 Å². The number of hydrogen-bond acceptors (Lipinski definition) is 10. The van der Waals surface area contributed by atoms with Crippen LogP contribution in [0.15, 0.2) is 78.7 Å². The molecule has 36 heavy (non-hydrogen) atoms. The van der Waals surface area contributed by atoms with Gasteiger partial charge in [-0.05, 0) is 47.1 Å². The van der Waals surface area contributed by atoms with Crippen molar-refractivity contribution in [2.24, 2.45) is 0 Å². The minimum Gasteiger partial charge on any atom is -0.378 e. The summed E-state index contributed by atoms with van der Waals surface area (Å²) in [4.78, 5) is 6.42. The average molecular weight is 547 g/mol. The molecule has 1 aliphatic rings. The third-order valence-electron chi connectivity index (χ3n) is 4.29. The Morgan fingerprint density at radius 3 is 1.58 bits per heavy atom. The maximum atomic E-state index is 8.49. The topological polar surface area (TPSA) is 240 Å². The molecular formula is C22H28Cl2N4O8. The third kappa shape index (κ3) is 14.0. The lowest BCUT2D eigenvalue weighted by Gasteiger charge is -2.17. The lowest BCUT2D eigenvalue weighted by atomic mass is 9.91. The summed E-state index contributed by atoms with van der Waals surface area (Å²) in [5.41, 5.74) is 7.09. The number of aromatic nitrogens is 1. The molecule has 0 fully saturated rings. The molecule has 4 N–H and O–H groups in total. The molecule has 0 saturated heterocycles. The minimum absolute atomic E-state index is 0. The van der Waals surface area contributed by atoms with Crippen LogP contribution in [0.4, 0.5) is 5.69 Å². The Kier molecular flexibility index (Phi) is 13.6. The molecule has 0 radical (unpaired) electrons. The monoisotopic (exact) mass is 546 g/mol. The van der Waals surface area contributed by atoms with E-state index in [-0.39, 0.29) is 6.15 Å². The normalized spacial score (nSPS) is 12.4. The molecule has 0 unspecified atom stereocenters. The van der Waals surface area contributed by atoms with Gasteiger partial charge in [0.1, 0.15) is 14.1 Å². The van der Waals surface area contributed by atoms with E-state index in [4.69, 9.17) is 37.3 Å². The van der Waals surface area contributed by atoms with Gasteiger partial charge in [0.2, 0.25) is 0 Å². The SMILES string of the molecule is CN(C)c1ccc(C(=C2C=CC(=[N+](C)C)C=C2)c2cccnc2)cc1.[NH4+].[O-][Cl+3]([O-])([O-])[O-].[O-][Cl+3]([O-])([O-])[O-]. The molecule has 0 atom stereocenters. The zero-order valence-corrected chi connectivity index (χ0v) is 21.8. The highest BCUT2D eigenvalue weighted by molar-refractivity contribution is 6.03. The summed E-state index contributed by atoms with van der Waals surface area (Å²) < 4.78 is 70.1. The van der Waals surface area contributed by atoms with Crippen molar-refractivity contribution >= 4 is 17.0 Å². The second-order valence-corrected chi connectivity index (χ2v) is 8.77. The van der Waals surface area contributed by atoms with Crippen LogP contribution in [0.3, 0.4) is 0 Å². The molecule has 0 amide bonds. The predicted octanol–water partition coefficient (Wildman–Crippen LogP) is -5.35. The first-order valence-corrected chi connectivity index (χ1v) is 12.1. The smallest absolute Gasteiger partial charge is 0.199 e. The maximum absolute atomic E-state index is 8.49. The molecule has 1 heterocycles. The summed E-state index contributed by atoms with van der Waals surface area (Å²) in [6.07, 6.45) is 12.4. The van der Waals surface area contributed by atoms with Crippen LogP contribution in [0.25, 0.3) is 5.57 Å². The van der Waals surface area contributed by atoms with E-state index in [9.17, 15) is 0 Å². The third-order valence-corrected chi connectivity index (χ3v) is 4.29. The molecule has 0 bridgehead atoms. The quantitative estimate of drug-likeness (QED) is 0.358. The number of anilines is 1. The average Bonchev–Trinajstić information content (AvgIpc) is 2.73. The van der Waals surface area contributed by atoms with Gasteiger partial charge in [-0.15, -0.1) is 20.5 Å². The van der Waals surface area contributed by atoms with Crippen LogP contribution in [0.5, 0.6) is 0 Å². The molecule has 1 aromatic carbocycles. The Bertz CT molecular complexity index is 1030. The zero-order chi connectivity index (χ0) is 26.8. The number of benzene rings is 1. The van der Waals surface area contributed by atoms with Gasteiger partial charge in [-0.2, -0.15) is 0 Å². The maximum Gasteiger partial charge on any atom is 0.199 e. The van der Waals surface area contributed by atoms with Crippen molar-refractivity contribution in [3.63, 3.8) is 0 Å². The van der Waals surface area contributed by atoms with Crippen LogP contribution in [0.1, 0.15) is 11.1 Å². The van der Waals surface area contributed by atoms with Gasteiger partial charge in [-0.25, -0.2) is 41.8 Å². The van der Waals surface area contributed by atoms with Gasteiger partial charge in [0.15, 0.2) is 5.71 Å². The van der Waals surface area contributed by atoms with Crippen molar-refractivity contribution < 1.29 is 62.3 Å². The van der Waals surface area contributed by atoms with Gasteiger partial charge < -0.3 is 11.1 Å². The van der Waals surface area contributed by atoms with Crippen LogP contribution in [0.2, 0.25) is 0 Å². The number of allylic oxidation sites excluding steroid dienone is 5. The predicted molar refractivity (Wildman–Crippen MR) is 112 cm³/mol. The fourth-order valence-electron chi connectivity index (χ4n) is 2.86.